The molecule has 0 saturated carbocycles. The number of aliphatic hydroxyl groups excluding tert-OH is 1. The number of carbonyl (C=O) groups excluding carboxylic acids is 1. The highest BCUT2D eigenvalue weighted by Crippen LogP contribution is 2.15. The van der Waals surface area contributed by atoms with Crippen molar-refractivity contribution in [1.29, 1.82) is 0 Å². The average molecular weight is 498 g/mol. The smallest absolute Gasteiger partial charge is 0.227 e. The SMILES string of the molecule is COc1ccc(CC(=O)N2CCCN(CC3CN(CC(O)COc4ccccc4)CCO3)CC2)cc1. The van der Waals surface area contributed by atoms with E-state index in [2.05, 4.69) is 9.80 Å². The van der Waals surface area contributed by atoms with Gasteiger partial charge in [-0.15, -0.1) is 0 Å². The van der Waals surface area contributed by atoms with Gasteiger partial charge in [0.05, 0.1) is 26.2 Å². The summed E-state index contributed by atoms with van der Waals surface area (Å²) in [5.74, 6) is 1.75. The van der Waals surface area contributed by atoms with Crippen LogP contribution in [0.25, 0.3) is 0 Å². The van der Waals surface area contributed by atoms with Crippen LogP contribution in [0.5, 0.6) is 11.5 Å². The van der Waals surface area contributed by atoms with E-state index in [0.29, 0.717) is 19.6 Å². The minimum absolute atomic E-state index is 0.0996. The van der Waals surface area contributed by atoms with Crippen LogP contribution in [0.1, 0.15) is 12.0 Å². The number of ether oxygens (including phenoxy) is 3. The number of rotatable bonds is 10. The lowest BCUT2D eigenvalue weighted by atomic mass is 10.1. The summed E-state index contributed by atoms with van der Waals surface area (Å²) in [6.07, 6.45) is 0.927. The first-order valence-corrected chi connectivity index (χ1v) is 12.9. The van der Waals surface area contributed by atoms with E-state index in [4.69, 9.17) is 14.2 Å². The Bertz CT molecular complexity index is 927. The molecular formula is C28H39N3O5. The van der Waals surface area contributed by atoms with E-state index in [1.165, 1.54) is 0 Å². The minimum Gasteiger partial charge on any atom is -0.497 e. The van der Waals surface area contributed by atoms with Gasteiger partial charge in [0.15, 0.2) is 0 Å². The van der Waals surface area contributed by atoms with Gasteiger partial charge in [0.1, 0.15) is 24.2 Å². The van der Waals surface area contributed by atoms with Crippen LogP contribution in [0, 0.1) is 0 Å². The highest BCUT2D eigenvalue weighted by Gasteiger charge is 2.26. The van der Waals surface area contributed by atoms with Gasteiger partial charge in [0.25, 0.3) is 0 Å². The number of hydrogen-bond acceptors (Lipinski definition) is 7. The van der Waals surface area contributed by atoms with Gasteiger partial charge in [-0.1, -0.05) is 30.3 Å². The molecule has 0 aromatic heterocycles. The molecule has 2 fully saturated rings. The van der Waals surface area contributed by atoms with Gasteiger partial charge in [0.2, 0.25) is 5.91 Å². The highest BCUT2D eigenvalue weighted by molar-refractivity contribution is 5.78. The molecule has 2 unspecified atom stereocenters. The second-order valence-corrected chi connectivity index (χ2v) is 9.59. The summed E-state index contributed by atoms with van der Waals surface area (Å²) in [6, 6.07) is 17.3. The largest absolute Gasteiger partial charge is 0.497 e. The third-order valence-electron chi connectivity index (χ3n) is 6.79. The number of aliphatic hydroxyl groups is 1. The third kappa shape index (κ3) is 8.20. The first-order valence-electron chi connectivity index (χ1n) is 12.9. The van der Waals surface area contributed by atoms with Crippen molar-refractivity contribution >= 4 is 5.91 Å². The fraction of sp³-hybridized carbons (Fsp3) is 0.536. The zero-order valence-electron chi connectivity index (χ0n) is 21.3. The molecule has 2 aromatic rings. The number of amides is 1. The average Bonchev–Trinajstić information content (AvgIpc) is 3.14. The van der Waals surface area contributed by atoms with E-state index in [1.54, 1.807) is 7.11 Å². The maximum Gasteiger partial charge on any atom is 0.227 e. The van der Waals surface area contributed by atoms with E-state index in [1.807, 2.05) is 59.5 Å². The first kappa shape index (κ1) is 26.4. The molecule has 2 aromatic carbocycles. The molecule has 0 aliphatic carbocycles. The normalized spacial score (nSPS) is 20.5. The Morgan fingerprint density at radius 1 is 1.00 bits per heavy atom. The van der Waals surface area contributed by atoms with E-state index < -0.39 is 6.10 Å². The molecule has 4 rings (SSSR count). The van der Waals surface area contributed by atoms with E-state index in [0.717, 1.165) is 69.3 Å². The predicted molar refractivity (Wildman–Crippen MR) is 138 cm³/mol. The predicted octanol–water partition coefficient (Wildman–Crippen LogP) is 1.91. The highest BCUT2D eigenvalue weighted by atomic mass is 16.5. The molecule has 2 aliphatic rings. The molecule has 196 valence electrons. The molecule has 1 amide bonds. The number of benzene rings is 2. The van der Waals surface area contributed by atoms with Gasteiger partial charge < -0.3 is 24.2 Å². The number of nitrogens with zero attached hydrogens (tertiary/aromatic N) is 3. The molecule has 2 aliphatic heterocycles. The molecular weight excluding hydrogens is 458 g/mol. The summed E-state index contributed by atoms with van der Waals surface area (Å²) >= 11 is 0. The molecule has 0 radical (unpaired) electrons. The summed E-state index contributed by atoms with van der Waals surface area (Å²) < 4.78 is 16.9. The molecule has 2 atom stereocenters. The summed E-state index contributed by atoms with van der Waals surface area (Å²) in [5.41, 5.74) is 1.01. The van der Waals surface area contributed by atoms with Crippen LogP contribution < -0.4 is 9.47 Å². The lowest BCUT2D eigenvalue weighted by molar-refractivity contribution is -0.130. The van der Waals surface area contributed by atoms with Gasteiger partial charge in [-0.2, -0.15) is 0 Å². The second-order valence-electron chi connectivity index (χ2n) is 9.59. The number of methoxy groups -OCH3 is 1. The van der Waals surface area contributed by atoms with Crippen molar-refractivity contribution < 1.29 is 24.1 Å². The van der Waals surface area contributed by atoms with Gasteiger partial charge in [-0.25, -0.2) is 0 Å². The molecule has 1 N–H and O–H groups in total. The monoisotopic (exact) mass is 497 g/mol. The Morgan fingerprint density at radius 2 is 1.81 bits per heavy atom. The van der Waals surface area contributed by atoms with Crippen LogP contribution in [0.2, 0.25) is 0 Å². The molecule has 36 heavy (non-hydrogen) atoms. The number of carbonyl (C=O) groups is 1. The summed E-state index contributed by atoms with van der Waals surface area (Å²) in [7, 11) is 1.64. The first-order chi connectivity index (χ1) is 17.6. The Morgan fingerprint density at radius 3 is 2.58 bits per heavy atom. The Balaban J connectivity index is 1.18. The summed E-state index contributed by atoms with van der Waals surface area (Å²) in [5, 5.41) is 10.5. The van der Waals surface area contributed by atoms with Crippen molar-refractivity contribution in [3.05, 3.63) is 60.2 Å². The zero-order chi connectivity index (χ0) is 25.2. The fourth-order valence-electron chi connectivity index (χ4n) is 4.84. The number of β-amino-alcohol motifs (C(OH)–C–C–N with tert-alkyl or cyclic N) is 1. The van der Waals surface area contributed by atoms with Crippen molar-refractivity contribution in [2.45, 2.75) is 25.0 Å². The van der Waals surface area contributed by atoms with Crippen LogP contribution in [0.3, 0.4) is 0 Å². The van der Waals surface area contributed by atoms with Crippen LogP contribution in [-0.4, -0.2) is 111 Å². The Labute approximate surface area is 214 Å². The van der Waals surface area contributed by atoms with E-state index in [9.17, 15) is 9.90 Å². The van der Waals surface area contributed by atoms with Crippen LogP contribution in [0.15, 0.2) is 54.6 Å². The van der Waals surface area contributed by atoms with E-state index in [-0.39, 0.29) is 18.6 Å². The second kappa shape index (κ2) is 13.6. The van der Waals surface area contributed by atoms with Gasteiger partial charge in [-0.05, 0) is 42.8 Å². The summed E-state index contributed by atoms with van der Waals surface area (Å²) in [4.78, 5) is 19.5. The molecule has 2 saturated heterocycles. The zero-order valence-corrected chi connectivity index (χ0v) is 21.3. The van der Waals surface area contributed by atoms with Crippen molar-refractivity contribution in [2.75, 3.05) is 72.7 Å². The maximum atomic E-state index is 12.9. The number of para-hydroxylation sites is 1. The molecule has 0 bridgehead atoms. The lowest BCUT2D eigenvalue weighted by Gasteiger charge is -2.36. The van der Waals surface area contributed by atoms with Crippen molar-refractivity contribution in [3.8, 4) is 11.5 Å². The van der Waals surface area contributed by atoms with Gasteiger partial charge in [-0.3, -0.25) is 14.6 Å². The van der Waals surface area contributed by atoms with Crippen molar-refractivity contribution in [3.63, 3.8) is 0 Å². The van der Waals surface area contributed by atoms with Gasteiger partial charge in [0, 0.05) is 45.8 Å². The number of morpholine rings is 1. The quantitative estimate of drug-likeness (QED) is 0.538. The lowest BCUT2D eigenvalue weighted by Crippen LogP contribution is -2.50. The van der Waals surface area contributed by atoms with E-state index >= 15 is 0 Å². The van der Waals surface area contributed by atoms with Crippen LogP contribution >= 0.6 is 0 Å². The minimum atomic E-state index is -0.549. The fourth-order valence-corrected chi connectivity index (χ4v) is 4.84. The Hall–Kier alpha value is -2.65. The van der Waals surface area contributed by atoms with Crippen molar-refractivity contribution in [2.24, 2.45) is 0 Å². The maximum absolute atomic E-state index is 12.9. The van der Waals surface area contributed by atoms with Gasteiger partial charge >= 0.3 is 0 Å². The molecule has 0 spiro atoms. The molecule has 8 heteroatoms. The third-order valence-corrected chi connectivity index (χ3v) is 6.79. The molecule has 2 heterocycles. The summed E-state index contributed by atoms with van der Waals surface area (Å²) in [6.45, 7) is 7.29. The van der Waals surface area contributed by atoms with Crippen LogP contribution in [0.4, 0.5) is 0 Å². The number of hydrogen-bond donors (Lipinski definition) is 1. The van der Waals surface area contributed by atoms with Crippen molar-refractivity contribution in [1.82, 2.24) is 14.7 Å². The topological polar surface area (TPSA) is 74.7 Å². The molecule has 8 nitrogen and oxygen atoms in total. The standard InChI is InChI=1S/C28H39N3O5/c1-34-25-10-8-23(9-11-25)18-28(33)31-13-5-12-29(14-15-31)20-27-21-30(16-17-35-27)19-24(32)22-36-26-6-3-2-4-7-26/h2-4,6-11,24,27,32H,5,12-22H2,1H3. The van der Waals surface area contributed by atoms with Crippen LogP contribution in [-0.2, 0) is 16.0 Å². The Kier molecular flexibility index (Phi) is 9.98.